The Balaban J connectivity index is 0.561. The van der Waals surface area contributed by atoms with E-state index in [1.54, 1.807) is 68.6 Å². The van der Waals surface area contributed by atoms with Crippen LogP contribution in [0.3, 0.4) is 0 Å². The maximum Gasteiger partial charge on any atom is 0.193 e. The summed E-state index contributed by atoms with van der Waals surface area (Å²) in [6.07, 6.45) is 5.67. The van der Waals surface area contributed by atoms with E-state index in [0.717, 1.165) is 33.8 Å². The van der Waals surface area contributed by atoms with Crippen molar-refractivity contribution in [1.29, 1.82) is 0 Å². The minimum atomic E-state index is -0.121. The number of rotatable bonds is 39. The van der Waals surface area contributed by atoms with Gasteiger partial charge in [-0.1, -0.05) is 107 Å². The van der Waals surface area contributed by atoms with Crippen molar-refractivity contribution >= 4 is 32.9 Å². The number of benzene rings is 6. The van der Waals surface area contributed by atoms with E-state index in [0.29, 0.717) is 206 Å². The van der Waals surface area contributed by atoms with Gasteiger partial charge in [0.25, 0.3) is 0 Å². The molecule has 12 aromatic rings. The highest BCUT2D eigenvalue weighted by atomic mass is 16.6. The molecule has 0 saturated carbocycles. The lowest BCUT2D eigenvalue weighted by Gasteiger charge is -2.18. The molecule has 0 amide bonds. The van der Waals surface area contributed by atoms with Crippen LogP contribution >= 0.6 is 0 Å². The van der Waals surface area contributed by atoms with Gasteiger partial charge in [-0.3, -0.25) is 19.3 Å². The first kappa shape index (κ1) is 66.5. The lowest BCUT2D eigenvalue weighted by atomic mass is 10.1. The second kappa shape index (κ2) is 34.2. The number of aromatic nitrogens is 9. The number of hydrogen-bond acceptors (Lipinski definition) is 22. The Bertz CT molecular complexity index is 4170. The molecule has 25 heteroatoms. The summed E-state index contributed by atoms with van der Waals surface area (Å²) in [6, 6.07) is 48.5. The van der Waals surface area contributed by atoms with E-state index in [1.165, 1.54) is 18.2 Å². The Morgan fingerprint density at radius 2 is 0.598 bits per heavy atom. The minimum absolute atomic E-state index is 0.121. The molecular formula is C72H72N10O15. The summed E-state index contributed by atoms with van der Waals surface area (Å²) in [6.45, 7) is 8.04. The molecule has 0 N–H and O–H groups in total. The standard InChI is InChI=1S/C72H72N10O15/c83-64-43-67(52-10-4-1-5-11-52)95-70-40-58(16-19-61(64)70)92-37-34-89-31-28-86-25-22-80-49-55(73-76-80)46-79(47-56-50-81(77-74-56)23-26-87-29-32-90-35-38-93-59-17-20-62-65(84)44-68(96-71(62)41-59)53-12-6-2-7-13-53)48-57-51-82(78-75-57)24-27-88-30-33-91-36-39-94-60-18-21-63-66(85)45-69(97-72(63)42-60)54-14-8-3-9-15-54/h1-21,40-45,49-51H,22-39,46-48H2. The van der Waals surface area contributed by atoms with Gasteiger partial charge in [-0.2, -0.15) is 0 Å². The predicted octanol–water partition coefficient (Wildman–Crippen LogP) is 9.32. The molecule has 0 atom stereocenters. The maximum atomic E-state index is 12.8. The van der Waals surface area contributed by atoms with Gasteiger partial charge in [0.2, 0.25) is 0 Å². The van der Waals surface area contributed by atoms with Crippen LogP contribution in [-0.2, 0) is 67.7 Å². The lowest BCUT2D eigenvalue weighted by molar-refractivity contribution is 0.0333. The Morgan fingerprint density at radius 1 is 0.320 bits per heavy atom. The van der Waals surface area contributed by atoms with Crippen molar-refractivity contribution in [1.82, 2.24) is 49.9 Å². The lowest BCUT2D eigenvalue weighted by Crippen LogP contribution is -2.23. The van der Waals surface area contributed by atoms with Crippen LogP contribution in [0.25, 0.3) is 66.9 Å². The SMILES string of the molecule is O=c1cc(-c2ccccc2)oc2cc(OCCOCCOCCn3cc(CN(Cc4cn(CCOCCOCCOc5ccc6c(=O)cc(-c7ccccc7)oc6c5)nn4)Cc4cn(CCOCCOCCOc5ccc6c(=O)cc(-c7ccccc7)oc6c5)nn4)nn3)ccc12. The van der Waals surface area contributed by atoms with Gasteiger partial charge in [-0.25, -0.2) is 14.0 Å². The third kappa shape index (κ3) is 19.3. The smallest absolute Gasteiger partial charge is 0.193 e. The Morgan fingerprint density at radius 3 is 0.897 bits per heavy atom. The van der Waals surface area contributed by atoms with Crippen molar-refractivity contribution in [3.8, 4) is 51.2 Å². The highest BCUT2D eigenvalue weighted by Crippen LogP contribution is 2.28. The molecule has 0 fully saturated rings. The summed E-state index contributed by atoms with van der Waals surface area (Å²) in [5.74, 6) is 3.19. The molecule has 0 aliphatic rings. The fourth-order valence-corrected chi connectivity index (χ4v) is 10.4. The zero-order valence-corrected chi connectivity index (χ0v) is 53.3. The molecule has 0 bridgehead atoms. The highest BCUT2D eigenvalue weighted by Gasteiger charge is 2.17. The maximum absolute atomic E-state index is 12.8. The molecule has 6 heterocycles. The molecule has 25 nitrogen and oxygen atoms in total. The van der Waals surface area contributed by atoms with E-state index in [2.05, 4.69) is 35.8 Å². The van der Waals surface area contributed by atoms with Gasteiger partial charge in [-0.15, -0.1) is 15.3 Å². The monoisotopic (exact) mass is 1320 g/mol. The van der Waals surface area contributed by atoms with Gasteiger partial charge in [0.1, 0.15) is 71.1 Å². The predicted molar refractivity (Wildman–Crippen MR) is 358 cm³/mol. The zero-order chi connectivity index (χ0) is 66.2. The van der Waals surface area contributed by atoms with Crippen molar-refractivity contribution < 1.29 is 55.9 Å². The average molecular weight is 1320 g/mol. The van der Waals surface area contributed by atoms with E-state index >= 15 is 0 Å². The van der Waals surface area contributed by atoms with E-state index in [1.807, 2.05) is 110 Å². The molecule has 0 spiro atoms. The number of fused-ring (bicyclic) bond motifs is 3. The van der Waals surface area contributed by atoms with Crippen LogP contribution in [0.4, 0.5) is 0 Å². The quantitative estimate of drug-likeness (QED) is 0.0325. The minimum Gasteiger partial charge on any atom is -0.491 e. The van der Waals surface area contributed by atoms with E-state index in [4.69, 9.17) is 55.9 Å². The van der Waals surface area contributed by atoms with Crippen molar-refractivity contribution in [2.45, 2.75) is 39.3 Å². The first-order valence-electron chi connectivity index (χ1n) is 31.9. The van der Waals surface area contributed by atoms with Gasteiger partial charge in [-0.05, 0) is 36.4 Å². The highest BCUT2D eigenvalue weighted by molar-refractivity contribution is 5.82. The van der Waals surface area contributed by atoms with E-state index in [-0.39, 0.29) is 16.3 Å². The summed E-state index contributed by atoms with van der Waals surface area (Å²) in [4.78, 5) is 40.5. The van der Waals surface area contributed by atoms with Gasteiger partial charge in [0.15, 0.2) is 16.3 Å². The molecule has 0 aliphatic heterocycles. The normalized spacial score (nSPS) is 11.6. The van der Waals surface area contributed by atoms with Gasteiger partial charge >= 0.3 is 0 Å². The molecule has 500 valence electrons. The summed E-state index contributed by atoms with van der Waals surface area (Å²) in [5, 5.41) is 28.0. The van der Waals surface area contributed by atoms with Crippen molar-refractivity contribution in [3.63, 3.8) is 0 Å². The molecule has 0 aliphatic carbocycles. The topological polar surface area (TPSA) is 269 Å². The Kier molecular flexibility index (Phi) is 23.5. The Hall–Kier alpha value is -10.5. The largest absolute Gasteiger partial charge is 0.491 e. The number of hydrogen-bond donors (Lipinski definition) is 0. The van der Waals surface area contributed by atoms with Crippen molar-refractivity contribution in [2.24, 2.45) is 0 Å². The van der Waals surface area contributed by atoms with E-state index < -0.39 is 0 Å². The molecule has 12 rings (SSSR count). The molecule has 6 aromatic carbocycles. The summed E-state index contributed by atoms with van der Waals surface area (Å²) >= 11 is 0. The van der Waals surface area contributed by atoms with Crippen LogP contribution < -0.4 is 30.5 Å². The van der Waals surface area contributed by atoms with Crippen LogP contribution in [-0.4, -0.2) is 149 Å². The summed E-state index contributed by atoms with van der Waals surface area (Å²) in [5.41, 5.74) is 5.64. The van der Waals surface area contributed by atoms with Crippen LogP contribution in [0.2, 0.25) is 0 Å². The average Bonchev–Trinajstić information content (AvgIpc) is 1.29. The van der Waals surface area contributed by atoms with Crippen molar-refractivity contribution in [2.75, 3.05) is 99.1 Å². The van der Waals surface area contributed by atoms with Crippen LogP contribution in [0.5, 0.6) is 17.2 Å². The molecule has 97 heavy (non-hydrogen) atoms. The number of nitrogens with zero attached hydrogens (tertiary/aromatic N) is 10. The first-order chi connectivity index (χ1) is 47.8. The second-order valence-electron chi connectivity index (χ2n) is 22.3. The van der Waals surface area contributed by atoms with Crippen molar-refractivity contribution in [3.05, 3.63) is 230 Å². The van der Waals surface area contributed by atoms with Crippen LogP contribution in [0, 0.1) is 0 Å². The van der Waals surface area contributed by atoms with Gasteiger partial charge < -0.3 is 55.9 Å². The van der Waals surface area contributed by atoms with Gasteiger partial charge in [0, 0.05) is 91.3 Å². The van der Waals surface area contributed by atoms with Crippen LogP contribution in [0.15, 0.2) is 210 Å². The van der Waals surface area contributed by atoms with Gasteiger partial charge in [0.05, 0.1) is 132 Å². The first-order valence-corrected chi connectivity index (χ1v) is 31.9. The molecule has 0 unspecified atom stereocenters. The molecular weight excluding hydrogens is 1240 g/mol. The third-order valence-corrected chi connectivity index (χ3v) is 15.2. The molecule has 0 saturated heterocycles. The molecule has 0 radical (unpaired) electrons. The fourth-order valence-electron chi connectivity index (χ4n) is 10.4. The second-order valence-corrected chi connectivity index (χ2v) is 22.3. The third-order valence-electron chi connectivity index (χ3n) is 15.2. The summed E-state index contributed by atoms with van der Waals surface area (Å²) in [7, 11) is 0. The van der Waals surface area contributed by atoms with E-state index in [9.17, 15) is 14.4 Å². The number of ether oxygens (including phenoxy) is 9. The van der Waals surface area contributed by atoms with Crippen LogP contribution in [0.1, 0.15) is 17.1 Å². The Labute approximate surface area is 556 Å². The zero-order valence-electron chi connectivity index (χ0n) is 53.3. The molecule has 6 aromatic heterocycles. The summed E-state index contributed by atoms with van der Waals surface area (Å²) < 4.78 is 76.0. The fraction of sp³-hybridized carbons (Fsp3) is 0.292.